The van der Waals surface area contributed by atoms with Crippen molar-refractivity contribution in [1.29, 1.82) is 0 Å². The number of ether oxygens (including phenoxy) is 4. The van der Waals surface area contributed by atoms with E-state index in [1.165, 1.54) is 0 Å². The topological polar surface area (TPSA) is 122 Å². The molecule has 2 aromatic carbocycles. The van der Waals surface area contributed by atoms with Crippen molar-refractivity contribution in [2.24, 2.45) is 0 Å². The lowest BCUT2D eigenvalue weighted by atomic mass is 9.94. The second-order valence-corrected chi connectivity index (χ2v) is 8.65. The van der Waals surface area contributed by atoms with Crippen molar-refractivity contribution in [2.45, 2.75) is 13.0 Å². The summed E-state index contributed by atoms with van der Waals surface area (Å²) in [4.78, 5) is 22.6. The monoisotopic (exact) mass is 528 g/mol. The van der Waals surface area contributed by atoms with Gasteiger partial charge in [0.15, 0.2) is 17.3 Å². The van der Waals surface area contributed by atoms with Gasteiger partial charge in [-0.25, -0.2) is 4.68 Å². The summed E-state index contributed by atoms with van der Waals surface area (Å²) in [7, 11) is 6.29. The Morgan fingerprint density at radius 1 is 0.974 bits per heavy atom. The number of amides is 1. The van der Waals surface area contributed by atoms with Gasteiger partial charge in [-0.05, 0) is 37.3 Å². The van der Waals surface area contributed by atoms with Gasteiger partial charge in [-0.2, -0.15) is 4.98 Å². The van der Waals surface area contributed by atoms with Gasteiger partial charge in [0.2, 0.25) is 5.95 Å². The summed E-state index contributed by atoms with van der Waals surface area (Å²) >= 11 is 0. The molecule has 11 heteroatoms. The number of nitrogens with zero attached hydrogens (tertiary/aromatic N) is 4. The maximum Gasteiger partial charge on any atom is 0.255 e. The maximum atomic E-state index is 13.8. The standard InChI is InChI=1S/C28H28N6O5/c1-16-23(27(35)31-18-8-7-11-29-15-18)24(21-9-6-10-22(38-4)25(21)39-5)34-28(30-16)32-26(33-34)17-12-19(36-2)14-20(13-17)37-3/h6-15,24H,1-5H3,(H,31,35)(H,30,32,33). The van der Waals surface area contributed by atoms with E-state index in [1.807, 2.05) is 31.2 Å². The van der Waals surface area contributed by atoms with Crippen molar-refractivity contribution in [1.82, 2.24) is 19.7 Å². The second kappa shape index (κ2) is 10.7. The number of para-hydroxylation sites is 1. The molecule has 3 heterocycles. The van der Waals surface area contributed by atoms with Crippen LogP contribution in [-0.4, -0.2) is 54.1 Å². The molecular formula is C28H28N6O5. The third-order valence-electron chi connectivity index (χ3n) is 6.35. The van der Waals surface area contributed by atoms with E-state index in [0.717, 1.165) is 0 Å². The molecule has 39 heavy (non-hydrogen) atoms. The van der Waals surface area contributed by atoms with E-state index >= 15 is 0 Å². The average molecular weight is 529 g/mol. The molecule has 4 aromatic rings. The summed E-state index contributed by atoms with van der Waals surface area (Å²) in [6.07, 6.45) is 3.23. The van der Waals surface area contributed by atoms with Crippen molar-refractivity contribution < 1.29 is 23.7 Å². The number of hydrogen-bond acceptors (Lipinski definition) is 9. The number of aromatic nitrogens is 4. The van der Waals surface area contributed by atoms with Crippen LogP contribution in [0.1, 0.15) is 18.5 Å². The molecule has 0 fully saturated rings. The Morgan fingerprint density at radius 3 is 2.38 bits per heavy atom. The molecule has 0 saturated heterocycles. The first kappa shape index (κ1) is 25.6. The Bertz CT molecular complexity index is 1530. The lowest BCUT2D eigenvalue weighted by Gasteiger charge is -2.29. The molecule has 1 atom stereocenters. The van der Waals surface area contributed by atoms with E-state index in [9.17, 15) is 4.79 Å². The molecular weight excluding hydrogens is 500 g/mol. The maximum absolute atomic E-state index is 13.8. The van der Waals surface area contributed by atoms with Crippen LogP contribution in [0.4, 0.5) is 11.6 Å². The van der Waals surface area contributed by atoms with Crippen molar-refractivity contribution >= 4 is 17.5 Å². The van der Waals surface area contributed by atoms with E-state index in [0.29, 0.717) is 62.9 Å². The quantitative estimate of drug-likeness (QED) is 0.345. The first-order valence-corrected chi connectivity index (χ1v) is 12.1. The molecule has 1 amide bonds. The molecule has 200 valence electrons. The minimum Gasteiger partial charge on any atom is -0.497 e. The van der Waals surface area contributed by atoms with Crippen molar-refractivity contribution in [3.8, 4) is 34.4 Å². The lowest BCUT2D eigenvalue weighted by Crippen LogP contribution is -2.31. The highest BCUT2D eigenvalue weighted by Gasteiger charge is 2.37. The number of methoxy groups -OCH3 is 4. The number of carbonyl (C=O) groups excluding carboxylic acids is 1. The van der Waals surface area contributed by atoms with Crippen LogP contribution in [0.15, 0.2) is 72.2 Å². The molecule has 0 radical (unpaired) electrons. The van der Waals surface area contributed by atoms with Crippen molar-refractivity contribution in [3.63, 3.8) is 0 Å². The Hall–Kier alpha value is -5.06. The SMILES string of the molecule is COc1cc(OC)cc(-c2nc3n(n2)C(c2cccc(OC)c2OC)C(C(=O)Nc2cccnc2)=C(C)N3)c1. The van der Waals surface area contributed by atoms with Gasteiger partial charge in [0.1, 0.15) is 17.5 Å². The number of nitrogens with one attached hydrogen (secondary N) is 2. The summed E-state index contributed by atoms with van der Waals surface area (Å²) < 4.78 is 23.9. The van der Waals surface area contributed by atoms with Crippen LogP contribution >= 0.6 is 0 Å². The summed E-state index contributed by atoms with van der Waals surface area (Å²) in [6.45, 7) is 1.82. The molecule has 0 saturated carbocycles. The minimum atomic E-state index is -0.697. The molecule has 1 unspecified atom stereocenters. The van der Waals surface area contributed by atoms with Crippen molar-refractivity contribution in [2.75, 3.05) is 39.1 Å². The van der Waals surface area contributed by atoms with Gasteiger partial charge in [0.25, 0.3) is 5.91 Å². The minimum absolute atomic E-state index is 0.325. The van der Waals surface area contributed by atoms with Crippen LogP contribution < -0.4 is 29.6 Å². The Balaban J connectivity index is 1.67. The van der Waals surface area contributed by atoms with Crippen LogP contribution in [0.2, 0.25) is 0 Å². The largest absolute Gasteiger partial charge is 0.497 e. The third kappa shape index (κ3) is 4.81. The summed E-state index contributed by atoms with van der Waals surface area (Å²) in [6, 6.07) is 13.8. The molecule has 0 aliphatic carbocycles. The molecule has 5 rings (SSSR count). The zero-order valence-electron chi connectivity index (χ0n) is 22.2. The summed E-state index contributed by atoms with van der Waals surface area (Å²) in [5.41, 5.74) is 2.96. The van der Waals surface area contributed by atoms with Gasteiger partial charge >= 0.3 is 0 Å². The van der Waals surface area contributed by atoms with Gasteiger partial charge < -0.3 is 29.6 Å². The summed E-state index contributed by atoms with van der Waals surface area (Å²) in [5.74, 6) is 2.76. The number of benzene rings is 2. The van der Waals surface area contributed by atoms with Crippen LogP contribution in [0.3, 0.4) is 0 Å². The first-order valence-electron chi connectivity index (χ1n) is 12.1. The zero-order valence-corrected chi connectivity index (χ0v) is 22.2. The fraction of sp³-hybridized carbons (Fsp3) is 0.214. The molecule has 0 spiro atoms. The van der Waals surface area contributed by atoms with Crippen LogP contribution in [-0.2, 0) is 4.79 Å². The zero-order chi connectivity index (χ0) is 27.5. The number of rotatable bonds is 8. The highest BCUT2D eigenvalue weighted by atomic mass is 16.5. The van der Waals surface area contributed by atoms with Gasteiger partial charge in [-0.1, -0.05) is 12.1 Å². The predicted octanol–water partition coefficient (Wildman–Crippen LogP) is 4.30. The first-order chi connectivity index (χ1) is 19.0. The van der Waals surface area contributed by atoms with Crippen molar-refractivity contribution in [3.05, 3.63) is 77.8 Å². The van der Waals surface area contributed by atoms with Gasteiger partial charge in [-0.15, -0.1) is 5.10 Å². The Kier molecular flexibility index (Phi) is 7.04. The Labute approximate surface area is 225 Å². The number of hydrogen-bond donors (Lipinski definition) is 2. The van der Waals surface area contributed by atoms with Crippen LogP contribution in [0.25, 0.3) is 11.4 Å². The molecule has 1 aliphatic rings. The normalized spacial score (nSPS) is 14.2. The lowest BCUT2D eigenvalue weighted by molar-refractivity contribution is -0.113. The van der Waals surface area contributed by atoms with Crippen LogP contribution in [0.5, 0.6) is 23.0 Å². The predicted molar refractivity (Wildman–Crippen MR) is 145 cm³/mol. The van der Waals surface area contributed by atoms with Gasteiger partial charge in [-0.3, -0.25) is 9.78 Å². The number of pyridine rings is 1. The third-order valence-corrected chi connectivity index (χ3v) is 6.35. The van der Waals surface area contributed by atoms with E-state index in [1.54, 1.807) is 69.8 Å². The number of carbonyl (C=O) groups is 1. The van der Waals surface area contributed by atoms with Gasteiger partial charge in [0, 0.05) is 29.1 Å². The second-order valence-electron chi connectivity index (χ2n) is 8.65. The molecule has 2 aromatic heterocycles. The number of fused-ring (bicyclic) bond motifs is 1. The number of allylic oxidation sites excluding steroid dienone is 1. The molecule has 0 bridgehead atoms. The van der Waals surface area contributed by atoms with E-state index in [4.69, 9.17) is 29.0 Å². The number of anilines is 2. The van der Waals surface area contributed by atoms with E-state index < -0.39 is 6.04 Å². The van der Waals surface area contributed by atoms with Gasteiger partial charge in [0.05, 0.1) is 45.9 Å². The fourth-order valence-electron chi connectivity index (χ4n) is 4.55. The molecule has 11 nitrogen and oxygen atoms in total. The summed E-state index contributed by atoms with van der Waals surface area (Å²) in [5, 5.41) is 11.0. The highest BCUT2D eigenvalue weighted by molar-refractivity contribution is 6.06. The molecule has 2 N–H and O–H groups in total. The highest BCUT2D eigenvalue weighted by Crippen LogP contribution is 2.43. The van der Waals surface area contributed by atoms with E-state index in [-0.39, 0.29) is 5.91 Å². The molecule has 1 aliphatic heterocycles. The smallest absolute Gasteiger partial charge is 0.255 e. The van der Waals surface area contributed by atoms with E-state index in [2.05, 4.69) is 15.6 Å². The fourth-order valence-corrected chi connectivity index (χ4v) is 4.55. The average Bonchev–Trinajstić information content (AvgIpc) is 3.39. The van der Waals surface area contributed by atoms with Crippen LogP contribution in [0, 0.1) is 0 Å². The Morgan fingerprint density at radius 2 is 1.74 bits per heavy atom.